The molecule has 7 heteroatoms. The smallest absolute Gasteiger partial charge is 0.276 e. The first-order valence-corrected chi connectivity index (χ1v) is 8.08. The molecule has 3 heterocycles. The summed E-state index contributed by atoms with van der Waals surface area (Å²) in [6.45, 7) is 2.98. The van der Waals surface area contributed by atoms with Crippen LogP contribution in [-0.4, -0.2) is 41.0 Å². The largest absolute Gasteiger partial charge is 0.361 e. The van der Waals surface area contributed by atoms with Crippen LogP contribution < -0.4 is 5.32 Å². The third kappa shape index (κ3) is 3.19. The number of aryl methyl sites for hydroxylation is 1. The number of nitrogens with one attached hydrogen (secondary N) is 1. The van der Waals surface area contributed by atoms with Crippen LogP contribution in [0.1, 0.15) is 38.8 Å². The molecule has 0 aliphatic carbocycles. The van der Waals surface area contributed by atoms with Gasteiger partial charge in [-0.3, -0.25) is 9.59 Å². The molecule has 0 bridgehead atoms. The van der Waals surface area contributed by atoms with Gasteiger partial charge in [-0.2, -0.15) is 0 Å². The molecule has 1 saturated heterocycles. The SMILES string of the molecule is Cc1cc(C(=O)N2CCC(NC(=O)c3cccs3)CC2)no1. The predicted molar refractivity (Wildman–Crippen MR) is 82.0 cm³/mol. The predicted octanol–water partition coefficient (Wildman–Crippen LogP) is 2.08. The molecule has 0 spiro atoms. The first-order chi connectivity index (χ1) is 10.6. The molecule has 1 N–H and O–H groups in total. The summed E-state index contributed by atoms with van der Waals surface area (Å²) in [5.74, 6) is 0.480. The monoisotopic (exact) mass is 319 g/mol. The molecule has 0 unspecified atom stereocenters. The maximum atomic E-state index is 12.2. The number of piperidine rings is 1. The standard InChI is InChI=1S/C15H17N3O3S/c1-10-9-12(17-21-10)15(20)18-6-4-11(5-7-18)16-14(19)13-3-2-8-22-13/h2-3,8-9,11H,4-7H2,1H3,(H,16,19). The van der Waals surface area contributed by atoms with Crippen molar-refractivity contribution < 1.29 is 14.1 Å². The zero-order valence-corrected chi connectivity index (χ0v) is 13.1. The second kappa shape index (κ2) is 6.31. The van der Waals surface area contributed by atoms with Crippen molar-refractivity contribution >= 4 is 23.2 Å². The Balaban J connectivity index is 1.52. The topological polar surface area (TPSA) is 75.4 Å². The van der Waals surface area contributed by atoms with E-state index in [1.807, 2.05) is 17.5 Å². The van der Waals surface area contributed by atoms with Crippen LogP contribution >= 0.6 is 11.3 Å². The molecule has 1 fully saturated rings. The van der Waals surface area contributed by atoms with Crippen molar-refractivity contribution in [1.29, 1.82) is 0 Å². The summed E-state index contributed by atoms with van der Waals surface area (Å²) < 4.78 is 4.94. The zero-order valence-electron chi connectivity index (χ0n) is 12.2. The van der Waals surface area contributed by atoms with Crippen LogP contribution in [0.2, 0.25) is 0 Å². The Morgan fingerprint density at radius 2 is 2.18 bits per heavy atom. The maximum absolute atomic E-state index is 12.2. The number of hydrogen-bond acceptors (Lipinski definition) is 5. The second-order valence-corrected chi connectivity index (χ2v) is 6.29. The van der Waals surface area contributed by atoms with Gasteiger partial charge in [0.25, 0.3) is 11.8 Å². The Labute approximate surface area is 132 Å². The molecule has 0 aromatic carbocycles. The van der Waals surface area contributed by atoms with Gasteiger partial charge in [0.2, 0.25) is 0 Å². The minimum atomic E-state index is -0.111. The highest BCUT2D eigenvalue weighted by atomic mass is 32.1. The van der Waals surface area contributed by atoms with Gasteiger partial charge in [-0.05, 0) is 31.2 Å². The Hall–Kier alpha value is -2.15. The van der Waals surface area contributed by atoms with Crippen LogP contribution in [0, 0.1) is 6.92 Å². The summed E-state index contributed by atoms with van der Waals surface area (Å²) in [5.41, 5.74) is 0.346. The quantitative estimate of drug-likeness (QED) is 0.940. The number of likely N-dealkylation sites (tertiary alicyclic amines) is 1. The molecular weight excluding hydrogens is 302 g/mol. The van der Waals surface area contributed by atoms with Crippen molar-refractivity contribution in [1.82, 2.24) is 15.4 Å². The number of carbonyl (C=O) groups is 2. The Morgan fingerprint density at radius 3 is 2.77 bits per heavy atom. The van der Waals surface area contributed by atoms with Crippen LogP contribution in [0.5, 0.6) is 0 Å². The van der Waals surface area contributed by atoms with Gasteiger partial charge in [-0.25, -0.2) is 0 Å². The summed E-state index contributed by atoms with van der Waals surface area (Å²) in [6, 6.07) is 5.43. The van der Waals surface area contributed by atoms with E-state index < -0.39 is 0 Å². The summed E-state index contributed by atoms with van der Waals surface area (Å²) in [4.78, 5) is 26.7. The van der Waals surface area contributed by atoms with Gasteiger partial charge in [-0.15, -0.1) is 11.3 Å². The van der Waals surface area contributed by atoms with E-state index in [0.717, 1.165) is 17.7 Å². The Kier molecular flexibility index (Phi) is 4.24. The molecule has 2 amide bonds. The van der Waals surface area contributed by atoms with Gasteiger partial charge in [0, 0.05) is 25.2 Å². The Bertz CT molecular complexity index is 657. The average molecular weight is 319 g/mol. The van der Waals surface area contributed by atoms with Crippen molar-refractivity contribution in [2.75, 3.05) is 13.1 Å². The maximum Gasteiger partial charge on any atom is 0.276 e. The highest BCUT2D eigenvalue weighted by Gasteiger charge is 2.26. The minimum Gasteiger partial charge on any atom is -0.361 e. The van der Waals surface area contributed by atoms with Crippen LogP contribution in [0.4, 0.5) is 0 Å². The average Bonchev–Trinajstić information content (AvgIpc) is 3.18. The molecule has 1 aliphatic heterocycles. The fourth-order valence-corrected chi connectivity index (χ4v) is 3.15. The number of aromatic nitrogens is 1. The van der Waals surface area contributed by atoms with E-state index in [0.29, 0.717) is 24.5 Å². The van der Waals surface area contributed by atoms with Crippen molar-refractivity contribution in [2.24, 2.45) is 0 Å². The number of nitrogens with zero attached hydrogens (tertiary/aromatic N) is 2. The normalized spacial score (nSPS) is 15.8. The highest BCUT2D eigenvalue weighted by Crippen LogP contribution is 2.15. The van der Waals surface area contributed by atoms with E-state index in [1.54, 1.807) is 17.9 Å². The molecule has 22 heavy (non-hydrogen) atoms. The van der Waals surface area contributed by atoms with E-state index >= 15 is 0 Å². The van der Waals surface area contributed by atoms with Crippen molar-refractivity contribution in [3.05, 3.63) is 39.9 Å². The minimum absolute atomic E-state index is 0.0353. The van der Waals surface area contributed by atoms with Gasteiger partial charge in [-0.1, -0.05) is 11.2 Å². The lowest BCUT2D eigenvalue weighted by atomic mass is 10.0. The molecule has 2 aromatic heterocycles. The molecule has 2 aromatic rings. The van der Waals surface area contributed by atoms with Crippen LogP contribution in [0.3, 0.4) is 0 Å². The van der Waals surface area contributed by atoms with Gasteiger partial charge < -0.3 is 14.7 Å². The summed E-state index contributed by atoms with van der Waals surface area (Å²) >= 11 is 1.43. The number of rotatable bonds is 3. The lowest BCUT2D eigenvalue weighted by Crippen LogP contribution is -2.46. The summed E-state index contributed by atoms with van der Waals surface area (Å²) in [6.07, 6.45) is 1.50. The van der Waals surface area contributed by atoms with Gasteiger partial charge in [0.05, 0.1) is 4.88 Å². The number of amides is 2. The zero-order chi connectivity index (χ0) is 15.5. The van der Waals surface area contributed by atoms with Gasteiger partial charge in [0.15, 0.2) is 5.69 Å². The van der Waals surface area contributed by atoms with Crippen LogP contribution in [-0.2, 0) is 0 Å². The molecule has 0 radical (unpaired) electrons. The van der Waals surface area contributed by atoms with E-state index in [2.05, 4.69) is 10.5 Å². The fraction of sp³-hybridized carbons (Fsp3) is 0.400. The van der Waals surface area contributed by atoms with E-state index in [-0.39, 0.29) is 17.9 Å². The van der Waals surface area contributed by atoms with Crippen molar-refractivity contribution in [3.8, 4) is 0 Å². The first kappa shape index (κ1) is 14.8. The van der Waals surface area contributed by atoms with Gasteiger partial charge in [0.1, 0.15) is 5.76 Å². The lowest BCUT2D eigenvalue weighted by Gasteiger charge is -2.31. The Morgan fingerprint density at radius 1 is 1.41 bits per heavy atom. The number of carbonyl (C=O) groups excluding carboxylic acids is 2. The van der Waals surface area contributed by atoms with E-state index in [1.165, 1.54) is 11.3 Å². The number of hydrogen-bond donors (Lipinski definition) is 1. The lowest BCUT2D eigenvalue weighted by molar-refractivity contribution is 0.0688. The first-order valence-electron chi connectivity index (χ1n) is 7.20. The molecule has 0 atom stereocenters. The fourth-order valence-electron chi connectivity index (χ4n) is 2.52. The van der Waals surface area contributed by atoms with E-state index in [9.17, 15) is 9.59 Å². The molecule has 116 valence electrons. The molecule has 0 saturated carbocycles. The number of thiophene rings is 1. The van der Waals surface area contributed by atoms with Crippen LogP contribution in [0.25, 0.3) is 0 Å². The summed E-state index contributed by atoms with van der Waals surface area (Å²) in [5, 5.41) is 8.67. The van der Waals surface area contributed by atoms with Gasteiger partial charge >= 0.3 is 0 Å². The molecule has 6 nitrogen and oxygen atoms in total. The highest BCUT2D eigenvalue weighted by molar-refractivity contribution is 7.12. The second-order valence-electron chi connectivity index (χ2n) is 5.34. The molecule has 3 rings (SSSR count). The molecular formula is C15H17N3O3S. The van der Waals surface area contributed by atoms with Crippen LogP contribution in [0.15, 0.2) is 28.1 Å². The van der Waals surface area contributed by atoms with Crippen molar-refractivity contribution in [3.63, 3.8) is 0 Å². The summed E-state index contributed by atoms with van der Waals surface area (Å²) in [7, 11) is 0. The van der Waals surface area contributed by atoms with E-state index in [4.69, 9.17) is 4.52 Å². The molecule has 1 aliphatic rings. The third-order valence-corrected chi connectivity index (χ3v) is 4.58. The van der Waals surface area contributed by atoms with Crippen molar-refractivity contribution in [2.45, 2.75) is 25.8 Å². The third-order valence-electron chi connectivity index (χ3n) is 3.71.